The van der Waals surface area contributed by atoms with Gasteiger partial charge in [0.25, 0.3) is 0 Å². The molecule has 0 saturated heterocycles. The Labute approximate surface area is 367 Å². The first kappa shape index (κ1) is 35.0. The molecule has 14 aromatic rings. The van der Waals surface area contributed by atoms with Crippen LogP contribution < -0.4 is 0 Å². The average Bonchev–Trinajstić information content (AvgIpc) is 3.87. The van der Waals surface area contributed by atoms with Crippen molar-refractivity contribution in [3.63, 3.8) is 0 Å². The fourth-order valence-electron chi connectivity index (χ4n) is 10.6. The number of benzene rings is 11. The Bertz CT molecular complexity index is 4180. The van der Waals surface area contributed by atoms with Crippen molar-refractivity contribution in [3.8, 4) is 34.0 Å². The minimum Gasteiger partial charge on any atom is -0.309 e. The molecule has 14 rings (SSSR count). The van der Waals surface area contributed by atoms with Crippen molar-refractivity contribution in [1.29, 1.82) is 0 Å². The second-order valence-corrected chi connectivity index (χ2v) is 16.9. The lowest BCUT2D eigenvalue weighted by atomic mass is 9.92. The van der Waals surface area contributed by atoms with E-state index < -0.39 is 0 Å². The molecule has 0 aliphatic rings. The summed E-state index contributed by atoms with van der Waals surface area (Å²) in [6, 6.07) is 79.2. The van der Waals surface area contributed by atoms with Crippen LogP contribution in [0.25, 0.3) is 132 Å². The molecule has 0 unspecified atom stereocenters. The summed E-state index contributed by atoms with van der Waals surface area (Å²) in [4.78, 5) is 10.7. The number of para-hydroxylation sites is 3. The Morgan fingerprint density at radius 2 is 0.797 bits per heavy atom. The zero-order valence-corrected chi connectivity index (χ0v) is 34.6. The van der Waals surface area contributed by atoms with E-state index in [1.54, 1.807) is 0 Å². The first-order chi connectivity index (χ1) is 31.7. The maximum Gasteiger partial charge on any atom is 0.160 e. The summed E-state index contributed by atoms with van der Waals surface area (Å²) < 4.78 is 4.82. The lowest BCUT2D eigenvalue weighted by Gasteiger charge is -2.14. The van der Waals surface area contributed by atoms with Gasteiger partial charge in [-0.3, -0.25) is 0 Å². The first-order valence-corrected chi connectivity index (χ1v) is 21.9. The van der Waals surface area contributed by atoms with Gasteiger partial charge in [0.05, 0.1) is 33.3 Å². The van der Waals surface area contributed by atoms with Crippen molar-refractivity contribution in [2.75, 3.05) is 0 Å². The summed E-state index contributed by atoms with van der Waals surface area (Å²) in [5.74, 6) is 0.693. The summed E-state index contributed by atoms with van der Waals surface area (Å²) in [5.41, 5.74) is 10.7. The van der Waals surface area contributed by atoms with Crippen LogP contribution in [0.4, 0.5) is 0 Å². The number of aromatic nitrogens is 4. The maximum absolute atomic E-state index is 5.45. The van der Waals surface area contributed by atoms with E-state index in [9.17, 15) is 0 Å². The predicted molar refractivity (Wildman–Crippen MR) is 269 cm³/mol. The molecule has 3 heterocycles. The van der Waals surface area contributed by atoms with E-state index >= 15 is 0 Å². The van der Waals surface area contributed by atoms with Gasteiger partial charge in [0.15, 0.2) is 5.82 Å². The smallest absolute Gasteiger partial charge is 0.160 e. The summed E-state index contributed by atoms with van der Waals surface area (Å²) in [5, 5.41) is 15.9. The van der Waals surface area contributed by atoms with Gasteiger partial charge in [-0.1, -0.05) is 152 Å². The molecule has 4 nitrogen and oxygen atoms in total. The highest BCUT2D eigenvalue weighted by atomic mass is 15.0. The molecular weight excluding hydrogens is 777 g/mol. The molecule has 64 heavy (non-hydrogen) atoms. The summed E-state index contributed by atoms with van der Waals surface area (Å²) in [6.07, 6.45) is 0. The maximum atomic E-state index is 5.45. The Balaban J connectivity index is 0.971. The van der Waals surface area contributed by atoms with Gasteiger partial charge in [0.1, 0.15) is 0 Å². The van der Waals surface area contributed by atoms with Gasteiger partial charge < -0.3 is 9.13 Å². The van der Waals surface area contributed by atoms with Gasteiger partial charge in [-0.05, 0) is 110 Å². The first-order valence-electron chi connectivity index (χ1n) is 21.9. The highest BCUT2D eigenvalue weighted by Crippen LogP contribution is 2.41. The molecule has 0 saturated carbocycles. The fraction of sp³-hybridized carbons (Fsp3) is 0. The Morgan fingerprint density at radius 1 is 0.266 bits per heavy atom. The number of rotatable bonds is 4. The summed E-state index contributed by atoms with van der Waals surface area (Å²) in [7, 11) is 0. The van der Waals surface area contributed by atoms with Crippen LogP contribution in [0.3, 0.4) is 0 Å². The molecule has 0 aliphatic heterocycles. The third kappa shape index (κ3) is 5.11. The molecule has 0 N–H and O–H groups in total. The quantitative estimate of drug-likeness (QED) is 0.166. The van der Waals surface area contributed by atoms with Gasteiger partial charge in [0, 0.05) is 49.4 Å². The van der Waals surface area contributed by atoms with Crippen LogP contribution in [0.2, 0.25) is 0 Å². The Hall–Kier alpha value is -8.60. The van der Waals surface area contributed by atoms with E-state index in [4.69, 9.17) is 9.97 Å². The SMILES string of the molecule is c1cc(-c2nc(-c3ccc4c5ccccc5c5ccccc5c4c3)c3ccccc3n2)cc(-n2c3ccc(-n4c5ccccc5c5ccccc54)cc3c3cc4ccccc4cc32)c1. The van der Waals surface area contributed by atoms with Crippen LogP contribution in [0.1, 0.15) is 0 Å². The van der Waals surface area contributed by atoms with Crippen molar-refractivity contribution in [2.24, 2.45) is 0 Å². The van der Waals surface area contributed by atoms with Crippen LogP contribution in [-0.2, 0) is 0 Å². The molecule has 296 valence electrons. The minimum atomic E-state index is 0.693. The molecule has 0 fully saturated rings. The van der Waals surface area contributed by atoms with Gasteiger partial charge in [-0.2, -0.15) is 0 Å². The van der Waals surface area contributed by atoms with E-state index in [0.717, 1.165) is 50.1 Å². The monoisotopic (exact) mass is 812 g/mol. The lowest BCUT2D eigenvalue weighted by molar-refractivity contribution is 1.16. The van der Waals surface area contributed by atoms with Crippen LogP contribution in [-0.4, -0.2) is 19.1 Å². The second-order valence-electron chi connectivity index (χ2n) is 16.9. The van der Waals surface area contributed by atoms with Crippen LogP contribution in [0.5, 0.6) is 0 Å². The molecule has 11 aromatic carbocycles. The molecule has 0 atom stereocenters. The molecule has 0 bridgehead atoms. The normalized spacial score (nSPS) is 12.1. The van der Waals surface area contributed by atoms with Crippen LogP contribution in [0.15, 0.2) is 218 Å². The predicted octanol–water partition coefficient (Wildman–Crippen LogP) is 15.8. The van der Waals surface area contributed by atoms with Crippen molar-refractivity contribution >= 4 is 97.6 Å². The number of hydrogen-bond acceptors (Lipinski definition) is 2. The summed E-state index contributed by atoms with van der Waals surface area (Å²) in [6.45, 7) is 0. The molecular formula is C60H36N4. The van der Waals surface area contributed by atoms with Gasteiger partial charge in [-0.25, -0.2) is 9.97 Å². The van der Waals surface area contributed by atoms with Crippen molar-refractivity contribution < 1.29 is 0 Å². The van der Waals surface area contributed by atoms with Crippen molar-refractivity contribution in [1.82, 2.24) is 19.1 Å². The van der Waals surface area contributed by atoms with E-state index in [1.807, 2.05) is 0 Å². The number of fused-ring (bicyclic) bond motifs is 14. The van der Waals surface area contributed by atoms with E-state index in [-0.39, 0.29) is 0 Å². The second kappa shape index (κ2) is 13.4. The van der Waals surface area contributed by atoms with Gasteiger partial charge in [0.2, 0.25) is 0 Å². The highest BCUT2D eigenvalue weighted by molar-refractivity contribution is 6.26. The standard InChI is InChI=1S/C60H36N4/c1-2-15-38-35-58-52(33-37(38)14-1)53-36-42(63-55-26-11-8-22-48(55)49-23-9-12-27-56(49)63)29-31-57(53)64(58)41-17-13-16-40(32-41)60-61-54-25-10-7-24-50(54)59(62-60)39-28-30-47-45-20-4-3-18-43(45)44-19-5-6-21-46(44)51(47)34-39/h1-36H. The molecule has 0 aliphatic carbocycles. The Kier molecular flexibility index (Phi) is 7.36. The van der Waals surface area contributed by atoms with E-state index in [0.29, 0.717) is 5.82 Å². The summed E-state index contributed by atoms with van der Waals surface area (Å²) >= 11 is 0. The van der Waals surface area contributed by atoms with Gasteiger partial charge >= 0.3 is 0 Å². The van der Waals surface area contributed by atoms with Crippen LogP contribution >= 0.6 is 0 Å². The Morgan fingerprint density at radius 3 is 1.52 bits per heavy atom. The average molecular weight is 813 g/mol. The molecule has 4 heteroatoms. The molecule has 0 radical (unpaired) electrons. The number of hydrogen-bond donors (Lipinski definition) is 0. The van der Waals surface area contributed by atoms with E-state index in [2.05, 4.69) is 228 Å². The van der Waals surface area contributed by atoms with Crippen molar-refractivity contribution in [3.05, 3.63) is 218 Å². The molecule has 0 spiro atoms. The zero-order valence-electron chi connectivity index (χ0n) is 34.6. The zero-order chi connectivity index (χ0) is 41.9. The third-order valence-electron chi connectivity index (χ3n) is 13.4. The van der Waals surface area contributed by atoms with Crippen molar-refractivity contribution in [2.45, 2.75) is 0 Å². The number of nitrogens with zero attached hydrogens (tertiary/aromatic N) is 4. The fourth-order valence-corrected chi connectivity index (χ4v) is 10.6. The minimum absolute atomic E-state index is 0.693. The largest absolute Gasteiger partial charge is 0.309 e. The van der Waals surface area contributed by atoms with Crippen LogP contribution in [0, 0.1) is 0 Å². The molecule has 0 amide bonds. The lowest BCUT2D eigenvalue weighted by Crippen LogP contribution is -1.98. The third-order valence-corrected chi connectivity index (χ3v) is 13.4. The highest BCUT2D eigenvalue weighted by Gasteiger charge is 2.19. The topological polar surface area (TPSA) is 35.6 Å². The van der Waals surface area contributed by atoms with Gasteiger partial charge in [-0.15, -0.1) is 0 Å². The van der Waals surface area contributed by atoms with E-state index in [1.165, 1.54) is 75.7 Å². The molecule has 3 aromatic heterocycles.